The largest absolute Gasteiger partial charge is 0.312 e. The van der Waals surface area contributed by atoms with Gasteiger partial charge in [-0.1, -0.05) is 11.6 Å². The summed E-state index contributed by atoms with van der Waals surface area (Å²) in [5, 5.41) is 9.72. The third kappa shape index (κ3) is 3.24. The van der Waals surface area contributed by atoms with Crippen LogP contribution in [0.15, 0.2) is 24.3 Å². The number of carbonyl (C=O) groups is 2. The van der Waals surface area contributed by atoms with Gasteiger partial charge in [-0.2, -0.15) is 5.10 Å². The highest BCUT2D eigenvalue weighted by Crippen LogP contribution is 2.39. The normalized spacial score (nSPS) is 20.2. The molecule has 0 radical (unpaired) electrons. The first-order valence-corrected chi connectivity index (χ1v) is 8.50. The van der Waals surface area contributed by atoms with Crippen LogP contribution in [0.2, 0.25) is 5.02 Å². The van der Waals surface area contributed by atoms with E-state index >= 15 is 0 Å². The van der Waals surface area contributed by atoms with E-state index in [0.29, 0.717) is 17.4 Å². The Morgan fingerprint density at radius 3 is 2.88 bits per heavy atom. The first-order chi connectivity index (χ1) is 12.0. The number of nitrogens with one attached hydrogen (secondary N) is 2. The Morgan fingerprint density at radius 2 is 2.16 bits per heavy atom. The fourth-order valence-electron chi connectivity index (χ4n) is 3.02. The summed E-state index contributed by atoms with van der Waals surface area (Å²) in [6.07, 6.45) is 2.38. The molecule has 2 heterocycles. The van der Waals surface area contributed by atoms with Crippen LogP contribution in [0.25, 0.3) is 0 Å². The standard InChI is InChI=1S/C17H16ClFN4O2/c18-12-6-11(3-4-13(12)19)23-8-10(5-16(23)24)17(25)20-15-7-14(21-22-15)9-1-2-9/h3-4,6-7,9-10H,1-2,5,8H2,(H2,20,21,22,25). The van der Waals surface area contributed by atoms with E-state index < -0.39 is 11.7 Å². The van der Waals surface area contributed by atoms with E-state index in [9.17, 15) is 14.0 Å². The van der Waals surface area contributed by atoms with Crippen molar-refractivity contribution in [2.24, 2.45) is 5.92 Å². The number of anilines is 2. The zero-order chi connectivity index (χ0) is 17.6. The quantitative estimate of drug-likeness (QED) is 0.877. The van der Waals surface area contributed by atoms with Crippen molar-refractivity contribution in [1.82, 2.24) is 10.2 Å². The minimum absolute atomic E-state index is 0.0534. The molecule has 1 aliphatic carbocycles. The van der Waals surface area contributed by atoms with Crippen LogP contribution in [0.1, 0.15) is 30.9 Å². The molecule has 4 rings (SSSR count). The summed E-state index contributed by atoms with van der Waals surface area (Å²) in [6, 6.07) is 5.92. The number of carbonyl (C=O) groups excluding carboxylic acids is 2. The molecule has 1 aromatic carbocycles. The maximum atomic E-state index is 13.3. The summed E-state index contributed by atoms with van der Waals surface area (Å²) in [6.45, 7) is 0.229. The molecule has 130 valence electrons. The molecule has 1 atom stereocenters. The highest BCUT2D eigenvalue weighted by molar-refractivity contribution is 6.31. The predicted molar refractivity (Wildman–Crippen MR) is 91.1 cm³/mol. The predicted octanol–water partition coefficient (Wildman–Crippen LogP) is 3.07. The van der Waals surface area contributed by atoms with Gasteiger partial charge in [0.2, 0.25) is 11.8 Å². The topological polar surface area (TPSA) is 78.1 Å². The van der Waals surface area contributed by atoms with Crippen LogP contribution >= 0.6 is 11.6 Å². The lowest BCUT2D eigenvalue weighted by Gasteiger charge is -2.17. The highest BCUT2D eigenvalue weighted by Gasteiger charge is 2.35. The highest BCUT2D eigenvalue weighted by atomic mass is 35.5. The van der Waals surface area contributed by atoms with Gasteiger partial charge in [-0.15, -0.1) is 0 Å². The van der Waals surface area contributed by atoms with Crippen molar-refractivity contribution in [3.8, 4) is 0 Å². The van der Waals surface area contributed by atoms with Crippen LogP contribution in [0, 0.1) is 11.7 Å². The second-order valence-corrected chi connectivity index (χ2v) is 6.88. The van der Waals surface area contributed by atoms with Gasteiger partial charge in [-0.3, -0.25) is 14.7 Å². The van der Waals surface area contributed by atoms with Gasteiger partial charge in [0.05, 0.1) is 10.9 Å². The number of H-pyrrole nitrogens is 1. The van der Waals surface area contributed by atoms with Gasteiger partial charge in [0, 0.05) is 36.3 Å². The number of hydrogen-bond donors (Lipinski definition) is 2. The van der Waals surface area contributed by atoms with Crippen molar-refractivity contribution in [2.75, 3.05) is 16.8 Å². The molecule has 0 bridgehead atoms. The van der Waals surface area contributed by atoms with E-state index in [0.717, 1.165) is 18.5 Å². The summed E-state index contributed by atoms with van der Waals surface area (Å²) < 4.78 is 13.3. The van der Waals surface area contributed by atoms with Gasteiger partial charge in [0.15, 0.2) is 5.82 Å². The molecule has 2 N–H and O–H groups in total. The summed E-state index contributed by atoms with van der Waals surface area (Å²) in [5.41, 5.74) is 1.52. The average Bonchev–Trinajstić information content (AvgIpc) is 3.21. The molecule has 1 aliphatic heterocycles. The van der Waals surface area contributed by atoms with Gasteiger partial charge in [0.1, 0.15) is 5.82 Å². The van der Waals surface area contributed by atoms with Gasteiger partial charge in [0.25, 0.3) is 0 Å². The lowest BCUT2D eigenvalue weighted by molar-refractivity contribution is -0.122. The molecule has 0 spiro atoms. The molecule has 2 fully saturated rings. The van der Waals surface area contributed by atoms with Crippen LogP contribution in [0.5, 0.6) is 0 Å². The summed E-state index contributed by atoms with van der Waals surface area (Å²) in [5.74, 6) is -0.484. The van der Waals surface area contributed by atoms with Crippen molar-refractivity contribution in [3.05, 3.63) is 40.8 Å². The number of hydrogen-bond acceptors (Lipinski definition) is 3. The third-order valence-electron chi connectivity index (χ3n) is 4.58. The zero-order valence-corrected chi connectivity index (χ0v) is 14.0. The molecule has 6 nitrogen and oxygen atoms in total. The Bertz CT molecular complexity index is 849. The molecular weight excluding hydrogens is 347 g/mol. The number of halogens is 2. The van der Waals surface area contributed by atoms with Gasteiger partial charge < -0.3 is 10.2 Å². The Hall–Kier alpha value is -2.41. The second-order valence-electron chi connectivity index (χ2n) is 6.48. The first-order valence-electron chi connectivity index (χ1n) is 8.13. The van der Waals surface area contributed by atoms with Gasteiger partial charge in [-0.05, 0) is 31.0 Å². The number of amides is 2. The molecule has 1 aromatic heterocycles. The molecule has 2 aliphatic rings. The van der Waals surface area contributed by atoms with Gasteiger partial charge >= 0.3 is 0 Å². The molecule has 2 amide bonds. The van der Waals surface area contributed by atoms with Crippen molar-refractivity contribution >= 4 is 34.9 Å². The monoisotopic (exact) mass is 362 g/mol. The maximum absolute atomic E-state index is 13.3. The fraction of sp³-hybridized carbons (Fsp3) is 0.353. The van der Waals surface area contributed by atoms with Crippen LogP contribution in [-0.2, 0) is 9.59 Å². The van der Waals surface area contributed by atoms with E-state index in [1.165, 1.54) is 23.1 Å². The number of nitrogens with zero attached hydrogens (tertiary/aromatic N) is 2. The zero-order valence-electron chi connectivity index (χ0n) is 13.3. The van der Waals surface area contributed by atoms with Crippen LogP contribution < -0.4 is 10.2 Å². The Labute approximate surface area is 148 Å². The molecule has 1 saturated carbocycles. The Morgan fingerprint density at radius 1 is 1.36 bits per heavy atom. The fourth-order valence-corrected chi connectivity index (χ4v) is 3.19. The molecule has 25 heavy (non-hydrogen) atoms. The van der Waals surface area contributed by atoms with E-state index in [4.69, 9.17) is 11.6 Å². The SMILES string of the molecule is O=C(Nc1cc(C2CC2)[nH]n1)C1CC(=O)N(c2ccc(F)c(Cl)c2)C1. The average molecular weight is 363 g/mol. The Kier molecular flexibility index (Phi) is 3.95. The minimum Gasteiger partial charge on any atom is -0.312 e. The molecule has 8 heteroatoms. The summed E-state index contributed by atoms with van der Waals surface area (Å²) >= 11 is 5.78. The summed E-state index contributed by atoms with van der Waals surface area (Å²) in [4.78, 5) is 26.1. The van der Waals surface area contributed by atoms with Gasteiger partial charge in [-0.25, -0.2) is 4.39 Å². The number of aromatic amines is 1. The molecule has 2 aromatic rings. The van der Waals surface area contributed by atoms with E-state index in [1.807, 2.05) is 6.07 Å². The van der Waals surface area contributed by atoms with Crippen molar-refractivity contribution < 1.29 is 14.0 Å². The summed E-state index contributed by atoms with van der Waals surface area (Å²) in [7, 11) is 0. The van der Waals surface area contributed by atoms with Crippen molar-refractivity contribution in [3.63, 3.8) is 0 Å². The molecule has 1 unspecified atom stereocenters. The minimum atomic E-state index is -0.545. The van der Waals surface area contributed by atoms with Crippen molar-refractivity contribution in [1.29, 1.82) is 0 Å². The van der Waals surface area contributed by atoms with Crippen molar-refractivity contribution in [2.45, 2.75) is 25.2 Å². The lowest BCUT2D eigenvalue weighted by Crippen LogP contribution is -2.28. The van der Waals surface area contributed by atoms with E-state index in [-0.39, 0.29) is 29.8 Å². The van der Waals surface area contributed by atoms with Crippen LogP contribution in [-0.4, -0.2) is 28.6 Å². The molecule has 1 saturated heterocycles. The third-order valence-corrected chi connectivity index (χ3v) is 4.87. The second kappa shape index (κ2) is 6.15. The molecular formula is C17H16ClFN4O2. The lowest BCUT2D eigenvalue weighted by atomic mass is 10.1. The van der Waals surface area contributed by atoms with E-state index in [1.54, 1.807) is 0 Å². The number of rotatable bonds is 4. The maximum Gasteiger partial charge on any atom is 0.231 e. The smallest absolute Gasteiger partial charge is 0.231 e. The number of benzene rings is 1. The van der Waals surface area contributed by atoms with E-state index in [2.05, 4.69) is 15.5 Å². The van der Waals surface area contributed by atoms with Crippen LogP contribution in [0.4, 0.5) is 15.9 Å². The Balaban J connectivity index is 1.43. The van der Waals surface area contributed by atoms with Crippen LogP contribution in [0.3, 0.4) is 0 Å². The first kappa shape index (κ1) is 16.1. The number of aromatic nitrogens is 2.